The van der Waals surface area contributed by atoms with Gasteiger partial charge in [0.1, 0.15) is 10.7 Å². The monoisotopic (exact) mass is 369 g/mol. The minimum absolute atomic E-state index is 0.942. The van der Waals surface area contributed by atoms with E-state index in [0.717, 1.165) is 31.8 Å². The van der Waals surface area contributed by atoms with Crippen LogP contribution in [0.3, 0.4) is 0 Å². The molecule has 3 aromatic heterocycles. The molecule has 0 saturated heterocycles. The van der Waals surface area contributed by atoms with Gasteiger partial charge in [0, 0.05) is 45.1 Å². The molecule has 0 N–H and O–H groups in total. The summed E-state index contributed by atoms with van der Waals surface area (Å²) in [6, 6.07) is 10.6. The van der Waals surface area contributed by atoms with Crippen LogP contribution in [-0.4, -0.2) is 14.5 Å². The molecule has 0 unspecified atom stereocenters. The van der Waals surface area contributed by atoms with Gasteiger partial charge in [0.15, 0.2) is 0 Å². The van der Waals surface area contributed by atoms with E-state index >= 15 is 0 Å². The molecule has 0 aliphatic heterocycles. The van der Waals surface area contributed by atoms with E-state index in [2.05, 4.69) is 73.9 Å². The van der Waals surface area contributed by atoms with E-state index in [1.807, 2.05) is 17.8 Å². The molecular weight excluding hydrogens is 358 g/mol. The Bertz CT molecular complexity index is 940. The second kappa shape index (κ2) is 5.34. The molecule has 0 aliphatic rings. The van der Waals surface area contributed by atoms with Gasteiger partial charge in [0.25, 0.3) is 0 Å². The molecule has 4 rings (SSSR count). The zero-order valence-electron chi connectivity index (χ0n) is 11.8. The van der Waals surface area contributed by atoms with E-state index < -0.39 is 0 Å². The first kappa shape index (κ1) is 13.7. The molecule has 5 heteroatoms. The third-order valence-electron chi connectivity index (χ3n) is 3.58. The summed E-state index contributed by atoms with van der Waals surface area (Å²) in [7, 11) is 0. The highest BCUT2D eigenvalue weighted by Gasteiger charge is 2.14. The van der Waals surface area contributed by atoms with Gasteiger partial charge < -0.3 is 4.57 Å². The molecule has 3 nitrogen and oxygen atoms in total. The number of hydrogen-bond donors (Lipinski definition) is 0. The average molecular weight is 370 g/mol. The summed E-state index contributed by atoms with van der Waals surface area (Å²) in [5, 5.41) is 4.11. The van der Waals surface area contributed by atoms with Crippen LogP contribution in [0.5, 0.6) is 0 Å². The first-order valence-electron chi connectivity index (χ1n) is 6.86. The van der Waals surface area contributed by atoms with Gasteiger partial charge >= 0.3 is 0 Å². The second-order valence-corrected chi connectivity index (χ2v) is 6.92. The predicted molar refractivity (Wildman–Crippen MR) is 94.6 cm³/mol. The van der Waals surface area contributed by atoms with E-state index in [1.165, 1.54) is 5.56 Å². The van der Waals surface area contributed by atoms with Crippen LogP contribution in [0.4, 0.5) is 0 Å². The van der Waals surface area contributed by atoms with Crippen LogP contribution in [-0.2, 0) is 0 Å². The van der Waals surface area contributed by atoms with Gasteiger partial charge in [-0.15, -0.1) is 11.3 Å². The Kier molecular flexibility index (Phi) is 3.32. The highest BCUT2D eigenvalue weighted by Crippen LogP contribution is 2.34. The molecular formula is C17H12BrN3S. The molecule has 0 atom stereocenters. The van der Waals surface area contributed by atoms with E-state index in [9.17, 15) is 0 Å². The Labute approximate surface area is 140 Å². The Morgan fingerprint density at radius 2 is 1.95 bits per heavy atom. The van der Waals surface area contributed by atoms with Crippen LogP contribution >= 0.6 is 27.3 Å². The molecule has 22 heavy (non-hydrogen) atoms. The number of hydrogen-bond acceptors (Lipinski definition) is 3. The molecule has 0 saturated carbocycles. The fraction of sp³-hybridized carbons (Fsp3) is 0.0588. The molecule has 1 aromatic carbocycles. The maximum atomic E-state index is 4.60. The SMILES string of the molecule is Cc1ccc(-n2cc(-c3nccs3)c3cc(Br)cnc32)cc1. The number of thiazole rings is 1. The van der Waals surface area contributed by atoms with Gasteiger partial charge in [-0.2, -0.15) is 0 Å². The Morgan fingerprint density at radius 1 is 1.14 bits per heavy atom. The number of aromatic nitrogens is 3. The van der Waals surface area contributed by atoms with Crippen molar-refractivity contribution < 1.29 is 0 Å². The summed E-state index contributed by atoms with van der Waals surface area (Å²) in [6.45, 7) is 2.09. The molecule has 4 aromatic rings. The molecule has 0 aliphatic carbocycles. The van der Waals surface area contributed by atoms with Crippen molar-refractivity contribution in [3.8, 4) is 16.3 Å². The minimum atomic E-state index is 0.942. The van der Waals surface area contributed by atoms with Crippen molar-refractivity contribution in [2.75, 3.05) is 0 Å². The van der Waals surface area contributed by atoms with Crippen molar-refractivity contribution in [2.24, 2.45) is 0 Å². The molecule has 0 fully saturated rings. The van der Waals surface area contributed by atoms with Crippen LogP contribution in [0.2, 0.25) is 0 Å². The van der Waals surface area contributed by atoms with Crippen LogP contribution in [0.15, 0.2) is 58.8 Å². The van der Waals surface area contributed by atoms with Crippen LogP contribution in [0, 0.1) is 6.92 Å². The van der Waals surface area contributed by atoms with Crippen LogP contribution in [0.25, 0.3) is 27.3 Å². The number of fused-ring (bicyclic) bond motifs is 1. The zero-order chi connectivity index (χ0) is 15.1. The number of aryl methyl sites for hydroxylation is 1. The van der Waals surface area contributed by atoms with Crippen molar-refractivity contribution in [3.63, 3.8) is 0 Å². The van der Waals surface area contributed by atoms with Gasteiger partial charge in [0.05, 0.1) is 0 Å². The summed E-state index contributed by atoms with van der Waals surface area (Å²) < 4.78 is 3.09. The van der Waals surface area contributed by atoms with E-state index in [0.29, 0.717) is 0 Å². The largest absolute Gasteiger partial charge is 0.301 e. The normalized spacial score (nSPS) is 11.2. The van der Waals surface area contributed by atoms with Crippen molar-refractivity contribution in [1.82, 2.24) is 14.5 Å². The van der Waals surface area contributed by atoms with E-state index in [1.54, 1.807) is 11.3 Å². The van der Waals surface area contributed by atoms with Gasteiger partial charge in [0.2, 0.25) is 0 Å². The lowest BCUT2D eigenvalue weighted by molar-refractivity contribution is 1.09. The number of nitrogens with zero attached hydrogens (tertiary/aromatic N) is 3. The summed E-state index contributed by atoms with van der Waals surface area (Å²) in [5.74, 6) is 0. The number of halogens is 1. The number of benzene rings is 1. The lowest BCUT2D eigenvalue weighted by Crippen LogP contribution is -1.93. The van der Waals surface area contributed by atoms with E-state index in [-0.39, 0.29) is 0 Å². The molecule has 108 valence electrons. The highest BCUT2D eigenvalue weighted by atomic mass is 79.9. The summed E-state index contributed by atoms with van der Waals surface area (Å²) in [4.78, 5) is 9.05. The fourth-order valence-electron chi connectivity index (χ4n) is 2.51. The molecule has 0 amide bonds. The molecule has 0 spiro atoms. The Morgan fingerprint density at radius 3 is 2.68 bits per heavy atom. The average Bonchev–Trinajstić information content (AvgIpc) is 3.15. The molecule has 0 bridgehead atoms. The second-order valence-electron chi connectivity index (χ2n) is 5.11. The van der Waals surface area contributed by atoms with Crippen LogP contribution in [0.1, 0.15) is 5.56 Å². The van der Waals surface area contributed by atoms with Crippen molar-refractivity contribution in [1.29, 1.82) is 0 Å². The van der Waals surface area contributed by atoms with Crippen molar-refractivity contribution in [2.45, 2.75) is 6.92 Å². The lowest BCUT2D eigenvalue weighted by atomic mass is 10.2. The van der Waals surface area contributed by atoms with Crippen molar-refractivity contribution >= 4 is 38.3 Å². The summed E-state index contributed by atoms with van der Waals surface area (Å²) >= 11 is 5.16. The maximum absolute atomic E-state index is 4.60. The van der Waals surface area contributed by atoms with E-state index in [4.69, 9.17) is 0 Å². The van der Waals surface area contributed by atoms with Gasteiger partial charge in [-0.3, -0.25) is 0 Å². The van der Waals surface area contributed by atoms with Gasteiger partial charge in [-0.25, -0.2) is 9.97 Å². The molecule has 3 heterocycles. The zero-order valence-corrected chi connectivity index (χ0v) is 14.2. The third-order valence-corrected chi connectivity index (χ3v) is 4.82. The third kappa shape index (κ3) is 2.26. The fourth-order valence-corrected chi connectivity index (χ4v) is 3.50. The predicted octanol–water partition coefficient (Wildman–Crippen LogP) is 5.22. The van der Waals surface area contributed by atoms with Crippen LogP contribution < -0.4 is 0 Å². The summed E-state index contributed by atoms with van der Waals surface area (Å²) in [5.41, 5.74) is 4.40. The Hall–Kier alpha value is -1.98. The first-order chi connectivity index (χ1) is 10.7. The first-order valence-corrected chi connectivity index (χ1v) is 8.53. The minimum Gasteiger partial charge on any atom is -0.301 e. The quantitative estimate of drug-likeness (QED) is 0.484. The number of pyridine rings is 1. The topological polar surface area (TPSA) is 30.7 Å². The Balaban J connectivity index is 2.01. The van der Waals surface area contributed by atoms with Gasteiger partial charge in [-0.05, 0) is 41.1 Å². The standard InChI is InChI=1S/C17H12BrN3S/c1-11-2-4-13(5-3-11)21-10-15(17-19-6-7-22-17)14-8-12(18)9-20-16(14)21/h2-10H,1H3. The summed E-state index contributed by atoms with van der Waals surface area (Å²) in [6.07, 6.45) is 5.78. The number of rotatable bonds is 2. The lowest BCUT2D eigenvalue weighted by Gasteiger charge is -2.04. The highest BCUT2D eigenvalue weighted by molar-refractivity contribution is 9.10. The maximum Gasteiger partial charge on any atom is 0.145 e. The van der Waals surface area contributed by atoms with Crippen molar-refractivity contribution in [3.05, 3.63) is 64.3 Å². The van der Waals surface area contributed by atoms with Gasteiger partial charge in [-0.1, -0.05) is 17.7 Å². The molecule has 0 radical (unpaired) electrons. The smallest absolute Gasteiger partial charge is 0.145 e.